The lowest BCUT2D eigenvalue weighted by Gasteiger charge is -2.24. The molecule has 0 aliphatic carbocycles. The lowest BCUT2D eigenvalue weighted by Crippen LogP contribution is -2.53. The predicted molar refractivity (Wildman–Crippen MR) is 54.7 cm³/mol. The number of imide groups is 1. The Labute approximate surface area is 100 Å². The molecule has 8 nitrogen and oxygen atoms in total. The number of carboxylic acid groups (broad SMARTS) is 1. The first-order valence-electron chi connectivity index (χ1n) is 4.92. The summed E-state index contributed by atoms with van der Waals surface area (Å²) in [6.45, 7) is -0.540. The van der Waals surface area contributed by atoms with Gasteiger partial charge < -0.3 is 14.4 Å². The highest BCUT2D eigenvalue weighted by Crippen LogP contribution is 2.11. The summed E-state index contributed by atoms with van der Waals surface area (Å²) in [4.78, 5) is 45.6. The number of piperazine rings is 1. The van der Waals surface area contributed by atoms with Crippen LogP contribution < -0.4 is 5.32 Å². The standard InChI is InChI=1S/C10H8N2O6/c13-7-3-12(4-8(14)11-7)9(15)5-1-2-6(18-5)10(16)17/h1-2H,3-4H2,(H,16,17)(H,11,13,14). The van der Waals surface area contributed by atoms with Gasteiger partial charge in [-0.25, -0.2) is 4.79 Å². The van der Waals surface area contributed by atoms with E-state index in [0.29, 0.717) is 0 Å². The molecule has 18 heavy (non-hydrogen) atoms. The smallest absolute Gasteiger partial charge is 0.371 e. The summed E-state index contributed by atoms with van der Waals surface area (Å²) < 4.78 is 4.80. The molecule has 3 amide bonds. The molecule has 1 aromatic heterocycles. The first-order chi connectivity index (χ1) is 8.47. The third-order valence-electron chi connectivity index (χ3n) is 2.26. The molecule has 2 N–H and O–H groups in total. The highest BCUT2D eigenvalue weighted by molar-refractivity contribution is 6.05. The second-order valence-electron chi connectivity index (χ2n) is 3.60. The third kappa shape index (κ3) is 2.21. The number of nitrogens with one attached hydrogen (secondary N) is 1. The SMILES string of the molecule is O=C1CN(C(=O)c2ccc(C(=O)O)o2)CC(=O)N1. The molecule has 94 valence electrons. The van der Waals surface area contributed by atoms with Crippen LogP contribution in [0.3, 0.4) is 0 Å². The maximum atomic E-state index is 11.8. The average Bonchev–Trinajstić information content (AvgIpc) is 2.75. The fraction of sp³-hybridized carbons (Fsp3) is 0.200. The second kappa shape index (κ2) is 4.32. The van der Waals surface area contributed by atoms with Crippen LogP contribution in [0, 0.1) is 0 Å². The van der Waals surface area contributed by atoms with Gasteiger partial charge in [0, 0.05) is 0 Å². The van der Waals surface area contributed by atoms with Gasteiger partial charge in [-0.3, -0.25) is 19.7 Å². The van der Waals surface area contributed by atoms with Crippen molar-refractivity contribution in [2.24, 2.45) is 0 Å². The van der Waals surface area contributed by atoms with Gasteiger partial charge in [0.15, 0.2) is 5.76 Å². The van der Waals surface area contributed by atoms with Crippen LogP contribution in [0.5, 0.6) is 0 Å². The Hall–Kier alpha value is -2.64. The molecule has 1 aromatic rings. The number of amides is 3. The highest BCUT2D eigenvalue weighted by Gasteiger charge is 2.29. The first kappa shape index (κ1) is 11.8. The van der Waals surface area contributed by atoms with E-state index < -0.39 is 23.7 Å². The summed E-state index contributed by atoms with van der Waals surface area (Å²) in [6, 6.07) is 2.31. The van der Waals surface area contributed by atoms with Gasteiger partial charge in [0.25, 0.3) is 5.91 Å². The summed E-state index contributed by atoms with van der Waals surface area (Å²) in [5, 5.41) is 10.7. The van der Waals surface area contributed by atoms with Crippen LogP contribution >= 0.6 is 0 Å². The van der Waals surface area contributed by atoms with Gasteiger partial charge >= 0.3 is 5.97 Å². The number of carbonyl (C=O) groups is 4. The minimum atomic E-state index is -1.30. The van der Waals surface area contributed by atoms with E-state index in [1.54, 1.807) is 0 Å². The van der Waals surface area contributed by atoms with E-state index in [4.69, 9.17) is 9.52 Å². The van der Waals surface area contributed by atoms with Crippen LogP contribution in [0.1, 0.15) is 21.1 Å². The normalized spacial score (nSPS) is 15.4. The third-order valence-corrected chi connectivity index (χ3v) is 2.26. The van der Waals surface area contributed by atoms with E-state index in [9.17, 15) is 19.2 Å². The van der Waals surface area contributed by atoms with Crippen molar-refractivity contribution in [3.8, 4) is 0 Å². The molecule has 1 saturated heterocycles. The van der Waals surface area contributed by atoms with Crippen molar-refractivity contribution < 1.29 is 28.7 Å². The lowest BCUT2D eigenvalue weighted by atomic mass is 10.3. The molecule has 0 bridgehead atoms. The summed E-state index contributed by atoms with van der Waals surface area (Å²) >= 11 is 0. The zero-order chi connectivity index (χ0) is 13.3. The van der Waals surface area contributed by atoms with E-state index in [0.717, 1.165) is 11.0 Å². The zero-order valence-corrected chi connectivity index (χ0v) is 9.00. The molecule has 0 spiro atoms. The summed E-state index contributed by atoms with van der Waals surface area (Å²) in [5.41, 5.74) is 0. The molecule has 0 saturated carbocycles. The number of nitrogens with zero attached hydrogens (tertiary/aromatic N) is 1. The number of carbonyl (C=O) groups excluding carboxylic acids is 3. The molecule has 0 unspecified atom stereocenters. The lowest BCUT2D eigenvalue weighted by molar-refractivity contribution is -0.135. The fourth-order valence-electron chi connectivity index (χ4n) is 1.50. The Morgan fingerprint density at radius 2 is 1.72 bits per heavy atom. The molecule has 2 heterocycles. The van der Waals surface area contributed by atoms with E-state index in [-0.39, 0.29) is 24.6 Å². The first-order valence-corrected chi connectivity index (χ1v) is 4.92. The highest BCUT2D eigenvalue weighted by atomic mass is 16.4. The Kier molecular flexibility index (Phi) is 2.84. The van der Waals surface area contributed by atoms with Crippen LogP contribution in [0.4, 0.5) is 0 Å². The minimum absolute atomic E-state index is 0.227. The Balaban J connectivity index is 2.17. The van der Waals surface area contributed by atoms with Gasteiger partial charge in [-0.1, -0.05) is 0 Å². The topological polar surface area (TPSA) is 117 Å². The number of aromatic carboxylic acids is 1. The van der Waals surface area contributed by atoms with Gasteiger partial charge in [-0.15, -0.1) is 0 Å². The van der Waals surface area contributed by atoms with Gasteiger partial charge in [0.2, 0.25) is 17.6 Å². The average molecular weight is 252 g/mol. The Morgan fingerprint density at radius 1 is 1.17 bits per heavy atom. The Morgan fingerprint density at radius 3 is 2.22 bits per heavy atom. The molecule has 0 aromatic carbocycles. The van der Waals surface area contributed by atoms with Crippen LogP contribution in [-0.2, 0) is 9.59 Å². The fourth-order valence-corrected chi connectivity index (χ4v) is 1.50. The minimum Gasteiger partial charge on any atom is -0.475 e. The molecule has 2 rings (SSSR count). The van der Waals surface area contributed by atoms with Crippen molar-refractivity contribution >= 4 is 23.7 Å². The molecule has 0 radical (unpaired) electrons. The van der Waals surface area contributed by atoms with Crippen LogP contribution in [0.15, 0.2) is 16.5 Å². The summed E-state index contributed by atoms with van der Waals surface area (Å²) in [5.74, 6) is -3.80. The summed E-state index contributed by atoms with van der Waals surface area (Å²) in [6.07, 6.45) is 0. The second-order valence-corrected chi connectivity index (χ2v) is 3.60. The molecule has 0 atom stereocenters. The van der Waals surface area contributed by atoms with E-state index in [1.807, 2.05) is 5.32 Å². The number of hydrogen-bond donors (Lipinski definition) is 2. The number of rotatable bonds is 2. The predicted octanol–water partition coefficient (Wildman–Crippen LogP) is -0.924. The number of carboxylic acids is 1. The van der Waals surface area contributed by atoms with Gasteiger partial charge in [-0.2, -0.15) is 0 Å². The molecular formula is C10H8N2O6. The molecule has 1 fully saturated rings. The molecule has 1 aliphatic heterocycles. The van der Waals surface area contributed by atoms with Crippen LogP contribution in [0.2, 0.25) is 0 Å². The number of hydrogen-bond acceptors (Lipinski definition) is 5. The van der Waals surface area contributed by atoms with Crippen molar-refractivity contribution in [3.63, 3.8) is 0 Å². The number of furan rings is 1. The zero-order valence-electron chi connectivity index (χ0n) is 9.00. The molecular weight excluding hydrogens is 244 g/mol. The van der Waals surface area contributed by atoms with E-state index >= 15 is 0 Å². The van der Waals surface area contributed by atoms with Gasteiger partial charge in [0.05, 0.1) is 0 Å². The molecule has 8 heteroatoms. The monoisotopic (exact) mass is 252 g/mol. The maximum absolute atomic E-state index is 11.8. The molecule has 1 aliphatic rings. The largest absolute Gasteiger partial charge is 0.475 e. The van der Waals surface area contributed by atoms with Crippen molar-refractivity contribution in [1.29, 1.82) is 0 Å². The van der Waals surface area contributed by atoms with Crippen molar-refractivity contribution in [3.05, 3.63) is 23.7 Å². The van der Waals surface area contributed by atoms with Crippen LogP contribution in [-0.4, -0.2) is 46.8 Å². The van der Waals surface area contributed by atoms with Gasteiger partial charge in [0.1, 0.15) is 13.1 Å². The van der Waals surface area contributed by atoms with E-state index in [1.165, 1.54) is 6.07 Å². The van der Waals surface area contributed by atoms with E-state index in [2.05, 4.69) is 0 Å². The Bertz CT molecular complexity index is 530. The van der Waals surface area contributed by atoms with Crippen molar-refractivity contribution in [2.75, 3.05) is 13.1 Å². The quantitative estimate of drug-likeness (QED) is 0.657. The maximum Gasteiger partial charge on any atom is 0.371 e. The van der Waals surface area contributed by atoms with Gasteiger partial charge in [-0.05, 0) is 12.1 Å². The van der Waals surface area contributed by atoms with Crippen molar-refractivity contribution in [2.45, 2.75) is 0 Å². The van der Waals surface area contributed by atoms with Crippen molar-refractivity contribution in [1.82, 2.24) is 10.2 Å². The summed E-state index contributed by atoms with van der Waals surface area (Å²) in [7, 11) is 0. The van der Waals surface area contributed by atoms with Crippen LogP contribution in [0.25, 0.3) is 0 Å².